The topological polar surface area (TPSA) is 12.9 Å². The quantitative estimate of drug-likeness (QED) is 0.648. The molecule has 2 rings (SSSR count). The summed E-state index contributed by atoms with van der Waals surface area (Å²) in [6.07, 6.45) is 2.70. The van der Waals surface area contributed by atoms with Crippen LogP contribution in [0.2, 0.25) is 0 Å². The van der Waals surface area contributed by atoms with E-state index in [4.69, 9.17) is 0 Å². The molecule has 0 aromatic carbocycles. The van der Waals surface area contributed by atoms with Crippen molar-refractivity contribution in [2.75, 3.05) is 0 Å². The zero-order chi connectivity index (χ0) is 8.72. The molecule has 1 heterocycles. The van der Waals surface area contributed by atoms with Gasteiger partial charge in [0.1, 0.15) is 0 Å². The standard InChI is InChI=1S/C10H15NS/c1-6-4-9(5-6)10-7(2)12-8(3)11-10/h6,9H,4-5H2,1-3H3. The van der Waals surface area contributed by atoms with Crippen LogP contribution in [0.15, 0.2) is 0 Å². The molecule has 0 saturated heterocycles. The maximum absolute atomic E-state index is 4.59. The van der Waals surface area contributed by atoms with Gasteiger partial charge in [0.25, 0.3) is 0 Å². The highest BCUT2D eigenvalue weighted by Gasteiger charge is 2.29. The summed E-state index contributed by atoms with van der Waals surface area (Å²) in [4.78, 5) is 6.02. The molecule has 66 valence electrons. The van der Waals surface area contributed by atoms with Gasteiger partial charge in [-0.05, 0) is 32.6 Å². The van der Waals surface area contributed by atoms with Crippen LogP contribution in [0.25, 0.3) is 0 Å². The van der Waals surface area contributed by atoms with Crippen molar-refractivity contribution in [2.45, 2.75) is 39.5 Å². The summed E-state index contributed by atoms with van der Waals surface area (Å²) in [6.45, 7) is 6.62. The maximum Gasteiger partial charge on any atom is 0.0900 e. The molecule has 0 bridgehead atoms. The molecule has 1 saturated carbocycles. The molecule has 1 nitrogen and oxygen atoms in total. The molecular weight excluding hydrogens is 166 g/mol. The average Bonchev–Trinajstić information content (AvgIpc) is 2.23. The summed E-state index contributed by atoms with van der Waals surface area (Å²) in [6, 6.07) is 0. The van der Waals surface area contributed by atoms with Gasteiger partial charge >= 0.3 is 0 Å². The number of hydrogen-bond acceptors (Lipinski definition) is 2. The Balaban J connectivity index is 2.17. The second kappa shape index (κ2) is 2.84. The summed E-state index contributed by atoms with van der Waals surface area (Å²) in [5.74, 6) is 1.71. The smallest absolute Gasteiger partial charge is 0.0900 e. The SMILES string of the molecule is Cc1nc(C2CC(C)C2)c(C)s1. The Labute approximate surface area is 77.8 Å². The third-order valence-electron chi connectivity index (χ3n) is 2.70. The number of thiazole rings is 1. The highest BCUT2D eigenvalue weighted by atomic mass is 32.1. The summed E-state index contributed by atoms with van der Waals surface area (Å²) in [5.41, 5.74) is 1.38. The van der Waals surface area contributed by atoms with Gasteiger partial charge in [-0.25, -0.2) is 4.98 Å². The van der Waals surface area contributed by atoms with Gasteiger partial charge in [0, 0.05) is 10.8 Å². The van der Waals surface area contributed by atoms with Crippen LogP contribution < -0.4 is 0 Å². The molecule has 1 aromatic heterocycles. The first-order valence-electron chi connectivity index (χ1n) is 4.60. The van der Waals surface area contributed by atoms with Crippen LogP contribution in [0.1, 0.15) is 41.3 Å². The number of hydrogen-bond donors (Lipinski definition) is 0. The molecule has 0 aliphatic heterocycles. The molecule has 1 aromatic rings. The van der Waals surface area contributed by atoms with Crippen molar-refractivity contribution in [3.8, 4) is 0 Å². The minimum atomic E-state index is 0.782. The molecule has 1 aliphatic rings. The van der Waals surface area contributed by atoms with Gasteiger partial charge in [0.2, 0.25) is 0 Å². The van der Waals surface area contributed by atoms with Crippen molar-refractivity contribution < 1.29 is 0 Å². The first kappa shape index (κ1) is 8.24. The van der Waals surface area contributed by atoms with Crippen LogP contribution in [0.4, 0.5) is 0 Å². The van der Waals surface area contributed by atoms with E-state index in [0.717, 1.165) is 11.8 Å². The largest absolute Gasteiger partial charge is 0.246 e. The van der Waals surface area contributed by atoms with Crippen molar-refractivity contribution in [3.05, 3.63) is 15.6 Å². The number of aryl methyl sites for hydroxylation is 2. The molecule has 0 spiro atoms. The van der Waals surface area contributed by atoms with E-state index in [9.17, 15) is 0 Å². The summed E-state index contributed by atoms with van der Waals surface area (Å²) >= 11 is 1.84. The highest BCUT2D eigenvalue weighted by Crippen LogP contribution is 2.42. The summed E-state index contributed by atoms with van der Waals surface area (Å²) < 4.78 is 0. The van der Waals surface area contributed by atoms with Gasteiger partial charge in [0.05, 0.1) is 10.7 Å². The molecule has 1 aliphatic carbocycles. The second-order valence-corrected chi connectivity index (χ2v) is 5.36. The van der Waals surface area contributed by atoms with E-state index in [1.807, 2.05) is 11.3 Å². The van der Waals surface area contributed by atoms with E-state index in [1.54, 1.807) is 0 Å². The fourth-order valence-corrected chi connectivity index (χ4v) is 2.95. The lowest BCUT2D eigenvalue weighted by Crippen LogP contribution is -2.19. The minimum absolute atomic E-state index is 0.782. The van der Waals surface area contributed by atoms with Crippen molar-refractivity contribution in [1.82, 2.24) is 4.98 Å². The number of nitrogens with zero attached hydrogens (tertiary/aromatic N) is 1. The molecule has 0 amide bonds. The van der Waals surface area contributed by atoms with Crippen LogP contribution in [0.5, 0.6) is 0 Å². The fraction of sp³-hybridized carbons (Fsp3) is 0.700. The number of rotatable bonds is 1. The van der Waals surface area contributed by atoms with E-state index in [0.29, 0.717) is 0 Å². The van der Waals surface area contributed by atoms with Crippen molar-refractivity contribution in [3.63, 3.8) is 0 Å². The average molecular weight is 181 g/mol. The van der Waals surface area contributed by atoms with Crippen molar-refractivity contribution in [2.24, 2.45) is 5.92 Å². The molecule has 1 fully saturated rings. The lowest BCUT2D eigenvalue weighted by Gasteiger charge is -2.31. The summed E-state index contributed by atoms with van der Waals surface area (Å²) in [5, 5.41) is 1.22. The first-order valence-corrected chi connectivity index (χ1v) is 5.42. The van der Waals surface area contributed by atoms with Crippen LogP contribution in [-0.2, 0) is 0 Å². The number of aromatic nitrogens is 1. The van der Waals surface area contributed by atoms with Gasteiger partial charge < -0.3 is 0 Å². The minimum Gasteiger partial charge on any atom is -0.246 e. The van der Waals surface area contributed by atoms with E-state index in [-0.39, 0.29) is 0 Å². The van der Waals surface area contributed by atoms with Crippen LogP contribution in [0.3, 0.4) is 0 Å². The zero-order valence-electron chi connectivity index (χ0n) is 7.92. The van der Waals surface area contributed by atoms with Gasteiger partial charge in [-0.15, -0.1) is 11.3 Å². The Bertz CT molecular complexity index is 284. The third kappa shape index (κ3) is 1.28. The molecule has 2 heteroatoms. The van der Waals surface area contributed by atoms with Crippen molar-refractivity contribution in [1.29, 1.82) is 0 Å². The molecule has 0 unspecified atom stereocenters. The second-order valence-electron chi connectivity index (χ2n) is 3.95. The Morgan fingerprint density at radius 2 is 2.00 bits per heavy atom. The van der Waals surface area contributed by atoms with E-state index < -0.39 is 0 Å². The predicted octanol–water partition coefficient (Wildman–Crippen LogP) is 3.27. The maximum atomic E-state index is 4.59. The monoisotopic (exact) mass is 181 g/mol. The van der Waals surface area contributed by atoms with Gasteiger partial charge in [-0.3, -0.25) is 0 Å². The molecular formula is C10H15NS. The van der Waals surface area contributed by atoms with Gasteiger partial charge in [0.15, 0.2) is 0 Å². The Morgan fingerprint density at radius 3 is 2.42 bits per heavy atom. The normalized spacial score (nSPS) is 28.6. The molecule has 0 N–H and O–H groups in total. The molecule has 0 atom stereocenters. The van der Waals surface area contributed by atoms with Crippen LogP contribution >= 0.6 is 11.3 Å². The third-order valence-corrected chi connectivity index (χ3v) is 3.60. The van der Waals surface area contributed by atoms with Crippen LogP contribution in [-0.4, -0.2) is 4.98 Å². The lowest BCUT2D eigenvalue weighted by atomic mass is 9.74. The fourth-order valence-electron chi connectivity index (χ4n) is 2.05. The van der Waals surface area contributed by atoms with E-state index in [2.05, 4.69) is 25.8 Å². The predicted molar refractivity (Wildman–Crippen MR) is 52.7 cm³/mol. The summed E-state index contributed by atoms with van der Waals surface area (Å²) in [7, 11) is 0. The zero-order valence-corrected chi connectivity index (χ0v) is 8.74. The van der Waals surface area contributed by atoms with Crippen LogP contribution in [0, 0.1) is 19.8 Å². The Morgan fingerprint density at radius 1 is 1.33 bits per heavy atom. The van der Waals surface area contributed by atoms with Gasteiger partial charge in [-0.1, -0.05) is 6.92 Å². The van der Waals surface area contributed by atoms with Crippen molar-refractivity contribution >= 4 is 11.3 Å². The lowest BCUT2D eigenvalue weighted by molar-refractivity contribution is 0.283. The van der Waals surface area contributed by atoms with Gasteiger partial charge in [-0.2, -0.15) is 0 Å². The highest BCUT2D eigenvalue weighted by molar-refractivity contribution is 7.11. The molecule has 12 heavy (non-hydrogen) atoms. The van der Waals surface area contributed by atoms with E-state index >= 15 is 0 Å². The Hall–Kier alpha value is -0.370. The first-order chi connectivity index (χ1) is 5.66. The molecule has 0 radical (unpaired) electrons. The Kier molecular flexibility index (Phi) is 1.95. The van der Waals surface area contributed by atoms with E-state index in [1.165, 1.54) is 28.4 Å².